The van der Waals surface area contributed by atoms with Crippen LogP contribution in [0, 0.1) is 18.8 Å². The van der Waals surface area contributed by atoms with Gasteiger partial charge >= 0.3 is 0 Å². The molecule has 3 aliphatic heterocycles. The van der Waals surface area contributed by atoms with E-state index in [9.17, 15) is 14.4 Å². The Morgan fingerprint density at radius 3 is 2.45 bits per heavy atom. The standard InChI is InChI=1S/C30H32ClN3O4/c1-18-7-13-22(14-8-18)32-27(35)24-23-15-16-30(38-23)25(24)29(37)34(17-19-9-11-20(31)12-10-19)26(30)28(36)33-21-5-3-2-4-6-21/h7-16,21,23-26H,2-6,17H2,1H3,(H,32,35)(H,33,36)/t23-,24+,25-,26-,30-/m1/s1. The Kier molecular flexibility index (Phi) is 6.52. The summed E-state index contributed by atoms with van der Waals surface area (Å²) >= 11 is 6.08. The molecule has 8 heteroatoms. The molecule has 6 rings (SSSR count). The number of ether oxygens (including phenoxy) is 1. The number of anilines is 1. The molecule has 38 heavy (non-hydrogen) atoms. The first-order valence-corrected chi connectivity index (χ1v) is 13.8. The van der Waals surface area contributed by atoms with Crippen LogP contribution in [-0.2, 0) is 25.7 Å². The number of likely N-dealkylation sites (tertiary alicyclic amines) is 1. The van der Waals surface area contributed by atoms with Crippen molar-refractivity contribution in [3.05, 3.63) is 76.8 Å². The molecule has 5 atom stereocenters. The maximum Gasteiger partial charge on any atom is 0.246 e. The van der Waals surface area contributed by atoms with E-state index in [1.54, 1.807) is 17.0 Å². The molecule has 3 heterocycles. The Labute approximate surface area is 227 Å². The average Bonchev–Trinajstić information content (AvgIpc) is 3.55. The Hall–Kier alpha value is -3.16. The number of carbonyl (C=O) groups is 3. The lowest BCUT2D eigenvalue weighted by atomic mass is 9.74. The third-order valence-corrected chi connectivity index (χ3v) is 8.71. The van der Waals surface area contributed by atoms with Gasteiger partial charge in [-0.1, -0.05) is 72.8 Å². The highest BCUT2D eigenvalue weighted by molar-refractivity contribution is 6.30. The number of hydrogen-bond donors (Lipinski definition) is 2. The zero-order valence-electron chi connectivity index (χ0n) is 21.4. The van der Waals surface area contributed by atoms with Crippen LogP contribution < -0.4 is 10.6 Å². The van der Waals surface area contributed by atoms with Gasteiger partial charge in [-0.25, -0.2) is 0 Å². The zero-order valence-corrected chi connectivity index (χ0v) is 22.1. The number of rotatable bonds is 6. The number of carbonyl (C=O) groups excluding carboxylic acids is 3. The van der Waals surface area contributed by atoms with Gasteiger partial charge in [-0.2, -0.15) is 0 Å². The Morgan fingerprint density at radius 2 is 1.74 bits per heavy atom. The third-order valence-electron chi connectivity index (χ3n) is 8.46. The summed E-state index contributed by atoms with van der Waals surface area (Å²) in [5, 5.41) is 6.78. The fraction of sp³-hybridized carbons (Fsp3) is 0.433. The van der Waals surface area contributed by atoms with Crippen molar-refractivity contribution >= 4 is 35.0 Å². The fourth-order valence-corrected chi connectivity index (χ4v) is 6.74. The summed E-state index contributed by atoms with van der Waals surface area (Å²) < 4.78 is 6.44. The van der Waals surface area contributed by atoms with Gasteiger partial charge in [0, 0.05) is 23.3 Å². The number of nitrogens with zero attached hydrogens (tertiary/aromatic N) is 1. The lowest BCUT2D eigenvalue weighted by Crippen LogP contribution is -2.56. The third kappa shape index (κ3) is 4.31. The second-order valence-electron chi connectivity index (χ2n) is 11.0. The number of halogens is 1. The Balaban J connectivity index is 1.32. The van der Waals surface area contributed by atoms with Gasteiger partial charge < -0.3 is 20.3 Å². The predicted molar refractivity (Wildman–Crippen MR) is 144 cm³/mol. The number of benzene rings is 2. The lowest BCUT2D eigenvalue weighted by molar-refractivity contribution is -0.142. The van der Waals surface area contributed by atoms with E-state index in [0.29, 0.717) is 10.7 Å². The zero-order chi connectivity index (χ0) is 26.4. The molecule has 4 aliphatic rings. The molecule has 2 N–H and O–H groups in total. The van der Waals surface area contributed by atoms with Gasteiger partial charge in [0.25, 0.3) is 0 Å². The smallest absolute Gasteiger partial charge is 0.246 e. The van der Waals surface area contributed by atoms with Crippen molar-refractivity contribution < 1.29 is 19.1 Å². The fourth-order valence-electron chi connectivity index (χ4n) is 6.61. The number of aryl methyl sites for hydroxylation is 1. The molecule has 0 radical (unpaired) electrons. The van der Waals surface area contributed by atoms with E-state index in [1.807, 2.05) is 55.5 Å². The summed E-state index contributed by atoms with van der Waals surface area (Å²) in [4.78, 5) is 43.1. The van der Waals surface area contributed by atoms with Crippen LogP contribution in [-0.4, -0.2) is 46.4 Å². The first-order chi connectivity index (χ1) is 18.4. The van der Waals surface area contributed by atoms with Crippen LogP contribution >= 0.6 is 11.6 Å². The van der Waals surface area contributed by atoms with Gasteiger partial charge in [0.15, 0.2) is 0 Å². The van der Waals surface area contributed by atoms with Crippen LogP contribution in [0.2, 0.25) is 5.02 Å². The van der Waals surface area contributed by atoms with Crippen LogP contribution in [0.15, 0.2) is 60.7 Å². The molecular weight excluding hydrogens is 502 g/mol. The summed E-state index contributed by atoms with van der Waals surface area (Å²) in [5.74, 6) is -2.24. The number of fused-ring (bicyclic) bond motifs is 1. The van der Waals surface area contributed by atoms with E-state index in [0.717, 1.165) is 36.8 Å². The largest absolute Gasteiger partial charge is 0.359 e. The van der Waals surface area contributed by atoms with Crippen LogP contribution in [0.25, 0.3) is 0 Å². The molecule has 3 fully saturated rings. The molecule has 0 unspecified atom stereocenters. The molecule has 2 aromatic carbocycles. The molecule has 0 aromatic heterocycles. The highest BCUT2D eigenvalue weighted by Gasteiger charge is 2.72. The number of amides is 3. The molecule has 2 aromatic rings. The molecule has 1 saturated carbocycles. The van der Waals surface area contributed by atoms with Crippen LogP contribution in [0.1, 0.15) is 43.2 Å². The normalized spacial score (nSPS) is 29.9. The minimum atomic E-state index is -1.18. The van der Waals surface area contributed by atoms with E-state index < -0.39 is 29.6 Å². The van der Waals surface area contributed by atoms with Crippen molar-refractivity contribution in [3.8, 4) is 0 Å². The lowest BCUT2D eigenvalue weighted by Gasteiger charge is -2.34. The SMILES string of the molecule is Cc1ccc(NC(=O)[C@H]2[C@H]3C=C[C@@]4(O3)[C@H]2C(=O)N(Cc2ccc(Cl)cc2)[C@@H]4C(=O)NC2CCCCC2)cc1. The van der Waals surface area contributed by atoms with Crippen molar-refractivity contribution in [2.45, 2.75) is 69.4 Å². The summed E-state index contributed by atoms with van der Waals surface area (Å²) in [6.07, 6.45) is 8.33. The number of nitrogens with one attached hydrogen (secondary N) is 2. The second-order valence-corrected chi connectivity index (χ2v) is 11.4. The molecule has 2 bridgehead atoms. The van der Waals surface area contributed by atoms with Crippen LogP contribution in [0.4, 0.5) is 5.69 Å². The summed E-state index contributed by atoms with van der Waals surface area (Å²) in [5.41, 5.74) is 1.43. The van der Waals surface area contributed by atoms with E-state index in [1.165, 1.54) is 6.42 Å². The Bertz CT molecular complexity index is 1270. The van der Waals surface area contributed by atoms with Crippen LogP contribution in [0.5, 0.6) is 0 Å². The maximum absolute atomic E-state index is 14.1. The Morgan fingerprint density at radius 1 is 1.03 bits per heavy atom. The quantitative estimate of drug-likeness (QED) is 0.539. The first kappa shape index (κ1) is 25.1. The van der Waals surface area contributed by atoms with Gasteiger partial charge in [-0.3, -0.25) is 14.4 Å². The van der Waals surface area contributed by atoms with Crippen molar-refractivity contribution in [1.82, 2.24) is 10.2 Å². The minimum absolute atomic E-state index is 0.0856. The highest BCUT2D eigenvalue weighted by atomic mass is 35.5. The van der Waals surface area contributed by atoms with Gasteiger partial charge in [-0.05, 0) is 49.6 Å². The molecule has 2 saturated heterocycles. The van der Waals surface area contributed by atoms with E-state index in [-0.39, 0.29) is 30.3 Å². The van der Waals surface area contributed by atoms with Gasteiger partial charge in [-0.15, -0.1) is 0 Å². The van der Waals surface area contributed by atoms with E-state index in [4.69, 9.17) is 16.3 Å². The van der Waals surface area contributed by atoms with Crippen LogP contribution in [0.3, 0.4) is 0 Å². The average molecular weight is 534 g/mol. The van der Waals surface area contributed by atoms with Gasteiger partial charge in [0.1, 0.15) is 11.6 Å². The van der Waals surface area contributed by atoms with Gasteiger partial charge in [0.2, 0.25) is 17.7 Å². The number of hydrogen-bond acceptors (Lipinski definition) is 4. The van der Waals surface area contributed by atoms with Gasteiger partial charge in [0.05, 0.1) is 17.9 Å². The molecule has 1 aliphatic carbocycles. The summed E-state index contributed by atoms with van der Waals surface area (Å²) in [6, 6.07) is 14.0. The molecule has 7 nitrogen and oxygen atoms in total. The van der Waals surface area contributed by atoms with E-state index in [2.05, 4.69) is 10.6 Å². The minimum Gasteiger partial charge on any atom is -0.359 e. The first-order valence-electron chi connectivity index (χ1n) is 13.5. The summed E-state index contributed by atoms with van der Waals surface area (Å²) in [7, 11) is 0. The highest BCUT2D eigenvalue weighted by Crippen LogP contribution is 2.55. The van der Waals surface area contributed by atoms with Crippen molar-refractivity contribution in [1.29, 1.82) is 0 Å². The molecule has 198 valence electrons. The second kappa shape index (κ2) is 9.86. The van der Waals surface area contributed by atoms with Crippen molar-refractivity contribution in [3.63, 3.8) is 0 Å². The predicted octanol–water partition coefficient (Wildman–Crippen LogP) is 4.39. The van der Waals surface area contributed by atoms with E-state index >= 15 is 0 Å². The molecule has 3 amide bonds. The monoisotopic (exact) mass is 533 g/mol. The maximum atomic E-state index is 14.1. The summed E-state index contributed by atoms with van der Waals surface area (Å²) in [6.45, 7) is 2.21. The topological polar surface area (TPSA) is 87.7 Å². The molecular formula is C30H32ClN3O4. The van der Waals surface area contributed by atoms with Crippen molar-refractivity contribution in [2.24, 2.45) is 11.8 Å². The molecule has 1 spiro atoms. The van der Waals surface area contributed by atoms with Crippen molar-refractivity contribution in [2.75, 3.05) is 5.32 Å².